The van der Waals surface area contributed by atoms with Crippen LogP contribution in [0.2, 0.25) is 0 Å². The molecule has 0 saturated heterocycles. The van der Waals surface area contributed by atoms with Crippen LogP contribution in [0.1, 0.15) is 44.2 Å². The van der Waals surface area contributed by atoms with E-state index in [1.165, 1.54) is 23.2 Å². The Bertz CT molecular complexity index is 466. The average Bonchev–Trinajstić information content (AvgIpc) is 2.34. The molecule has 0 radical (unpaired) electrons. The minimum Gasteiger partial charge on any atom is -0.392 e. The third kappa shape index (κ3) is 3.17. The van der Waals surface area contributed by atoms with Crippen molar-refractivity contribution in [1.82, 2.24) is 0 Å². The first-order chi connectivity index (χ1) is 9.31. The summed E-state index contributed by atoms with van der Waals surface area (Å²) in [6.45, 7) is 9.63. The molecular weight excluding hydrogens is 246 g/mol. The van der Waals surface area contributed by atoms with Crippen molar-refractivity contribution in [2.45, 2.75) is 53.1 Å². The summed E-state index contributed by atoms with van der Waals surface area (Å²) in [5.74, 6) is 0.379. The van der Waals surface area contributed by atoms with Crippen molar-refractivity contribution in [3.8, 4) is 0 Å². The summed E-state index contributed by atoms with van der Waals surface area (Å²) in [5.41, 5.74) is 3.97. The van der Waals surface area contributed by atoms with Crippen LogP contribution in [-0.2, 0) is 0 Å². The van der Waals surface area contributed by atoms with E-state index in [0.29, 0.717) is 5.92 Å². The number of rotatable bonds is 3. The van der Waals surface area contributed by atoms with E-state index in [9.17, 15) is 5.11 Å². The molecule has 0 amide bonds. The number of hydrogen-bond donors (Lipinski definition) is 1. The molecule has 2 nitrogen and oxygen atoms in total. The SMILES string of the molecule is Cc1ccc(N(C)CC2CCCC(C)(C)C2O)c(C)c1. The van der Waals surface area contributed by atoms with Gasteiger partial charge < -0.3 is 10.0 Å². The monoisotopic (exact) mass is 275 g/mol. The average molecular weight is 275 g/mol. The summed E-state index contributed by atoms with van der Waals surface area (Å²) in [4.78, 5) is 2.31. The van der Waals surface area contributed by atoms with Crippen molar-refractivity contribution in [2.75, 3.05) is 18.5 Å². The van der Waals surface area contributed by atoms with Gasteiger partial charge in [-0.05, 0) is 43.7 Å². The van der Waals surface area contributed by atoms with Crippen molar-refractivity contribution < 1.29 is 5.11 Å². The fourth-order valence-electron chi connectivity index (χ4n) is 3.64. The molecule has 2 unspecified atom stereocenters. The van der Waals surface area contributed by atoms with Crippen LogP contribution >= 0.6 is 0 Å². The molecule has 1 aromatic carbocycles. The number of aryl methyl sites for hydroxylation is 2. The van der Waals surface area contributed by atoms with Gasteiger partial charge in [-0.15, -0.1) is 0 Å². The van der Waals surface area contributed by atoms with Gasteiger partial charge in [-0.2, -0.15) is 0 Å². The largest absolute Gasteiger partial charge is 0.392 e. The Morgan fingerprint density at radius 1 is 1.30 bits per heavy atom. The third-order valence-corrected chi connectivity index (χ3v) is 4.92. The van der Waals surface area contributed by atoms with Crippen LogP contribution in [0, 0.1) is 25.2 Å². The molecule has 2 rings (SSSR count). The maximum Gasteiger partial charge on any atom is 0.0636 e. The van der Waals surface area contributed by atoms with E-state index in [1.807, 2.05) is 0 Å². The van der Waals surface area contributed by atoms with E-state index in [2.05, 4.69) is 57.8 Å². The van der Waals surface area contributed by atoms with Crippen LogP contribution in [-0.4, -0.2) is 24.8 Å². The van der Waals surface area contributed by atoms with E-state index < -0.39 is 0 Å². The number of anilines is 1. The van der Waals surface area contributed by atoms with E-state index in [0.717, 1.165) is 19.4 Å². The molecule has 0 heterocycles. The summed E-state index contributed by atoms with van der Waals surface area (Å²) < 4.78 is 0. The first kappa shape index (κ1) is 15.4. The quantitative estimate of drug-likeness (QED) is 0.903. The molecule has 112 valence electrons. The van der Waals surface area contributed by atoms with Crippen molar-refractivity contribution in [3.05, 3.63) is 29.3 Å². The van der Waals surface area contributed by atoms with Gasteiger partial charge in [0.15, 0.2) is 0 Å². The number of nitrogens with zero attached hydrogens (tertiary/aromatic N) is 1. The molecule has 1 N–H and O–H groups in total. The van der Waals surface area contributed by atoms with Crippen LogP contribution < -0.4 is 4.90 Å². The highest BCUT2D eigenvalue weighted by Gasteiger charge is 2.38. The van der Waals surface area contributed by atoms with Gasteiger partial charge in [-0.25, -0.2) is 0 Å². The molecule has 1 saturated carbocycles. The molecule has 0 bridgehead atoms. The normalized spacial score (nSPS) is 25.5. The third-order valence-electron chi connectivity index (χ3n) is 4.92. The minimum atomic E-state index is -0.190. The smallest absolute Gasteiger partial charge is 0.0636 e. The predicted molar refractivity (Wildman–Crippen MR) is 86.3 cm³/mol. The molecule has 1 aliphatic carbocycles. The topological polar surface area (TPSA) is 23.5 Å². The van der Waals surface area contributed by atoms with Crippen LogP contribution in [0.3, 0.4) is 0 Å². The van der Waals surface area contributed by atoms with Crippen molar-refractivity contribution in [2.24, 2.45) is 11.3 Å². The number of benzene rings is 1. The lowest BCUT2D eigenvalue weighted by Gasteiger charge is -2.42. The maximum absolute atomic E-state index is 10.6. The Morgan fingerprint density at radius 3 is 2.65 bits per heavy atom. The van der Waals surface area contributed by atoms with Gasteiger partial charge in [0, 0.05) is 25.2 Å². The lowest BCUT2D eigenvalue weighted by atomic mass is 9.69. The summed E-state index contributed by atoms with van der Waals surface area (Å²) in [5, 5.41) is 10.6. The lowest BCUT2D eigenvalue weighted by Crippen LogP contribution is -2.44. The fourth-order valence-corrected chi connectivity index (χ4v) is 3.64. The second-order valence-corrected chi connectivity index (χ2v) is 7.26. The van der Waals surface area contributed by atoms with Gasteiger partial charge in [0.05, 0.1) is 6.10 Å². The summed E-state index contributed by atoms with van der Waals surface area (Å²) >= 11 is 0. The first-order valence-electron chi connectivity index (χ1n) is 7.78. The molecule has 0 aromatic heterocycles. The Kier molecular flexibility index (Phi) is 4.43. The van der Waals surface area contributed by atoms with Gasteiger partial charge in [-0.1, -0.05) is 38.0 Å². The van der Waals surface area contributed by atoms with Gasteiger partial charge in [0.2, 0.25) is 0 Å². The zero-order valence-corrected chi connectivity index (χ0v) is 13.6. The molecule has 20 heavy (non-hydrogen) atoms. The lowest BCUT2D eigenvalue weighted by molar-refractivity contribution is -0.0290. The molecular formula is C18H29NO. The zero-order valence-electron chi connectivity index (χ0n) is 13.6. The van der Waals surface area contributed by atoms with Gasteiger partial charge in [0.25, 0.3) is 0 Å². The van der Waals surface area contributed by atoms with Crippen LogP contribution in [0.5, 0.6) is 0 Å². The van der Waals surface area contributed by atoms with E-state index in [1.54, 1.807) is 0 Å². The standard InChI is InChI=1S/C18H29NO/c1-13-8-9-16(14(2)11-13)19(5)12-15-7-6-10-18(3,4)17(15)20/h8-9,11,15,17,20H,6-7,10,12H2,1-5H3. The second-order valence-electron chi connectivity index (χ2n) is 7.26. The summed E-state index contributed by atoms with van der Waals surface area (Å²) in [6, 6.07) is 6.60. The maximum atomic E-state index is 10.6. The van der Waals surface area contributed by atoms with Gasteiger partial charge in [-0.3, -0.25) is 0 Å². The van der Waals surface area contributed by atoms with E-state index in [4.69, 9.17) is 0 Å². The first-order valence-corrected chi connectivity index (χ1v) is 7.78. The Balaban J connectivity index is 2.09. The Labute approximate surface area is 123 Å². The van der Waals surface area contributed by atoms with Crippen molar-refractivity contribution >= 4 is 5.69 Å². The molecule has 1 aliphatic rings. The second kappa shape index (κ2) is 5.77. The van der Waals surface area contributed by atoms with Crippen molar-refractivity contribution in [3.63, 3.8) is 0 Å². The molecule has 2 heteroatoms. The summed E-state index contributed by atoms with van der Waals surface area (Å²) in [7, 11) is 2.14. The van der Waals surface area contributed by atoms with Crippen LogP contribution in [0.4, 0.5) is 5.69 Å². The molecule has 1 fully saturated rings. The molecule has 1 aromatic rings. The van der Waals surface area contributed by atoms with Crippen molar-refractivity contribution in [1.29, 1.82) is 0 Å². The highest BCUT2D eigenvalue weighted by molar-refractivity contribution is 5.53. The summed E-state index contributed by atoms with van der Waals surface area (Å²) in [6.07, 6.45) is 3.32. The number of aliphatic hydroxyl groups is 1. The highest BCUT2D eigenvalue weighted by Crippen LogP contribution is 2.39. The van der Waals surface area contributed by atoms with E-state index in [-0.39, 0.29) is 11.5 Å². The van der Waals surface area contributed by atoms with Crippen LogP contribution in [0.25, 0.3) is 0 Å². The number of hydrogen-bond acceptors (Lipinski definition) is 2. The van der Waals surface area contributed by atoms with Gasteiger partial charge >= 0.3 is 0 Å². The predicted octanol–water partition coefficient (Wildman–Crippen LogP) is 3.93. The molecule has 0 aliphatic heterocycles. The molecule has 2 atom stereocenters. The highest BCUT2D eigenvalue weighted by atomic mass is 16.3. The van der Waals surface area contributed by atoms with Crippen LogP contribution in [0.15, 0.2) is 18.2 Å². The van der Waals surface area contributed by atoms with E-state index >= 15 is 0 Å². The minimum absolute atomic E-state index is 0.0616. The fraction of sp³-hybridized carbons (Fsp3) is 0.667. The number of aliphatic hydroxyl groups excluding tert-OH is 1. The Hall–Kier alpha value is -1.02. The van der Waals surface area contributed by atoms with Gasteiger partial charge in [0.1, 0.15) is 0 Å². The zero-order chi connectivity index (χ0) is 14.9. The Morgan fingerprint density at radius 2 is 2.00 bits per heavy atom. The molecule has 0 spiro atoms.